The first kappa shape index (κ1) is 14.6. The van der Waals surface area contributed by atoms with Crippen LogP contribution in [-0.2, 0) is 0 Å². The number of nitrogens with zero attached hydrogens (tertiary/aromatic N) is 4. The lowest BCUT2D eigenvalue weighted by Gasteiger charge is -2.22. The average molecular weight is 328 g/mol. The molecule has 1 N–H and O–H groups in total. The number of imidazole rings is 1. The van der Waals surface area contributed by atoms with Gasteiger partial charge in [0, 0.05) is 17.8 Å². The Balaban J connectivity index is 1.81. The van der Waals surface area contributed by atoms with Crippen molar-refractivity contribution in [3.63, 3.8) is 0 Å². The van der Waals surface area contributed by atoms with E-state index in [4.69, 9.17) is 11.6 Å². The predicted molar refractivity (Wildman–Crippen MR) is 90.8 cm³/mol. The summed E-state index contributed by atoms with van der Waals surface area (Å²) in [5, 5.41) is 4.08. The van der Waals surface area contributed by atoms with Gasteiger partial charge < -0.3 is 5.32 Å². The number of pyridine rings is 1. The lowest BCUT2D eigenvalue weighted by atomic mass is 9.94. The minimum atomic E-state index is 0.500. The summed E-state index contributed by atoms with van der Waals surface area (Å²) in [4.78, 5) is 13.7. The number of hydrogen-bond acceptors (Lipinski definition) is 4. The summed E-state index contributed by atoms with van der Waals surface area (Å²) in [7, 11) is 0. The van der Waals surface area contributed by atoms with Crippen molar-refractivity contribution in [3.8, 4) is 11.4 Å². The number of hydrogen-bond donors (Lipinski definition) is 1. The first-order chi connectivity index (χ1) is 11.2. The molecule has 4 rings (SSSR count). The molecule has 0 bridgehead atoms. The van der Waals surface area contributed by atoms with Gasteiger partial charge in [-0.05, 0) is 51.1 Å². The van der Waals surface area contributed by atoms with Gasteiger partial charge in [-0.1, -0.05) is 11.6 Å². The van der Waals surface area contributed by atoms with E-state index < -0.39 is 0 Å². The van der Waals surface area contributed by atoms with E-state index in [0.717, 1.165) is 54.5 Å². The van der Waals surface area contributed by atoms with Gasteiger partial charge in [0.1, 0.15) is 11.5 Å². The van der Waals surface area contributed by atoms with Crippen LogP contribution < -0.4 is 5.32 Å². The number of halogens is 1. The third-order valence-corrected chi connectivity index (χ3v) is 4.57. The van der Waals surface area contributed by atoms with E-state index in [0.29, 0.717) is 10.9 Å². The number of rotatable bonds is 2. The normalized spacial score (nSPS) is 16.1. The molecule has 6 heteroatoms. The van der Waals surface area contributed by atoms with Crippen molar-refractivity contribution in [2.45, 2.75) is 25.7 Å². The van der Waals surface area contributed by atoms with Gasteiger partial charge >= 0.3 is 0 Å². The number of aryl methyl sites for hydroxylation is 1. The molecule has 0 atom stereocenters. The Morgan fingerprint density at radius 3 is 2.87 bits per heavy atom. The molecule has 23 heavy (non-hydrogen) atoms. The minimum Gasteiger partial charge on any atom is -0.317 e. The van der Waals surface area contributed by atoms with Crippen LogP contribution in [0.5, 0.6) is 0 Å². The quantitative estimate of drug-likeness (QED) is 0.785. The Hall–Kier alpha value is -1.98. The van der Waals surface area contributed by atoms with E-state index in [1.807, 2.05) is 35.9 Å². The van der Waals surface area contributed by atoms with Crippen LogP contribution in [0.15, 0.2) is 30.6 Å². The number of aromatic nitrogens is 4. The Bertz CT molecular complexity index is 851. The molecule has 0 radical (unpaired) electrons. The van der Waals surface area contributed by atoms with E-state index in [2.05, 4.69) is 26.3 Å². The monoisotopic (exact) mass is 327 g/mol. The molecule has 5 nitrogen and oxygen atoms in total. The van der Waals surface area contributed by atoms with Crippen LogP contribution >= 0.6 is 11.6 Å². The Morgan fingerprint density at radius 2 is 2.04 bits per heavy atom. The van der Waals surface area contributed by atoms with Crippen molar-refractivity contribution < 1.29 is 0 Å². The van der Waals surface area contributed by atoms with Crippen LogP contribution in [0.1, 0.15) is 30.3 Å². The third-order valence-electron chi connectivity index (χ3n) is 4.35. The summed E-state index contributed by atoms with van der Waals surface area (Å²) in [6.45, 7) is 4.05. The Labute approximate surface area is 139 Å². The summed E-state index contributed by atoms with van der Waals surface area (Å²) in [5.41, 5.74) is 3.85. The van der Waals surface area contributed by atoms with E-state index in [1.165, 1.54) is 0 Å². The smallest absolute Gasteiger partial charge is 0.137 e. The van der Waals surface area contributed by atoms with Gasteiger partial charge in [-0.25, -0.2) is 15.0 Å². The van der Waals surface area contributed by atoms with Gasteiger partial charge in [0.25, 0.3) is 0 Å². The van der Waals surface area contributed by atoms with E-state index in [1.54, 1.807) is 0 Å². The van der Waals surface area contributed by atoms with Gasteiger partial charge in [0.2, 0.25) is 0 Å². The van der Waals surface area contributed by atoms with Gasteiger partial charge in [-0.3, -0.25) is 4.40 Å². The molecule has 118 valence electrons. The minimum absolute atomic E-state index is 0.500. The van der Waals surface area contributed by atoms with Gasteiger partial charge in [-0.2, -0.15) is 0 Å². The zero-order valence-electron chi connectivity index (χ0n) is 13.0. The number of fused-ring (bicyclic) bond motifs is 1. The second-order valence-electron chi connectivity index (χ2n) is 5.97. The van der Waals surface area contributed by atoms with Crippen molar-refractivity contribution in [2.75, 3.05) is 13.1 Å². The highest BCUT2D eigenvalue weighted by Crippen LogP contribution is 2.28. The van der Waals surface area contributed by atoms with E-state index in [-0.39, 0.29) is 0 Å². The lowest BCUT2D eigenvalue weighted by Crippen LogP contribution is -2.27. The molecular formula is C17H18ClN5. The molecule has 1 fully saturated rings. The van der Waals surface area contributed by atoms with Crippen LogP contribution in [0.25, 0.3) is 17.0 Å². The highest BCUT2D eigenvalue weighted by Gasteiger charge is 2.19. The summed E-state index contributed by atoms with van der Waals surface area (Å²) < 4.78 is 1.98. The summed E-state index contributed by atoms with van der Waals surface area (Å²) >= 11 is 6.13. The molecule has 0 unspecified atom stereocenters. The largest absolute Gasteiger partial charge is 0.317 e. The van der Waals surface area contributed by atoms with Crippen molar-refractivity contribution in [2.24, 2.45) is 0 Å². The fourth-order valence-corrected chi connectivity index (χ4v) is 3.35. The second kappa shape index (κ2) is 5.91. The third kappa shape index (κ3) is 2.82. The Kier molecular flexibility index (Phi) is 3.75. The van der Waals surface area contributed by atoms with Crippen molar-refractivity contribution in [1.29, 1.82) is 0 Å². The number of piperidine rings is 1. The van der Waals surface area contributed by atoms with E-state index in [9.17, 15) is 0 Å². The SMILES string of the molecule is Cc1nc(-c2cnc3ccc(Cl)cn23)cc(C2CCNCC2)n1. The first-order valence-electron chi connectivity index (χ1n) is 7.90. The van der Waals surface area contributed by atoms with Crippen LogP contribution in [0.2, 0.25) is 5.02 Å². The predicted octanol–water partition coefficient (Wildman–Crippen LogP) is 3.22. The standard InChI is InChI=1S/C17H18ClN5/c1-11-21-14(12-4-6-19-7-5-12)8-15(22-11)16-9-20-17-3-2-13(18)10-23(16)17/h2-3,8-10,12,19H,4-7H2,1H3. The lowest BCUT2D eigenvalue weighted by molar-refractivity contribution is 0.452. The molecule has 1 saturated heterocycles. The van der Waals surface area contributed by atoms with Gasteiger partial charge in [0.15, 0.2) is 0 Å². The average Bonchev–Trinajstić information content (AvgIpc) is 2.98. The maximum atomic E-state index is 6.13. The van der Waals surface area contributed by atoms with Crippen molar-refractivity contribution in [3.05, 3.63) is 47.1 Å². The fraction of sp³-hybridized carbons (Fsp3) is 0.353. The molecule has 1 aliphatic rings. The van der Waals surface area contributed by atoms with Crippen LogP contribution in [0.3, 0.4) is 0 Å². The molecule has 3 aromatic rings. The molecule has 1 aliphatic heterocycles. The molecule has 0 aromatic carbocycles. The summed E-state index contributed by atoms with van der Waals surface area (Å²) in [5.74, 6) is 1.30. The number of nitrogens with one attached hydrogen (secondary N) is 1. The van der Waals surface area contributed by atoms with E-state index >= 15 is 0 Å². The maximum Gasteiger partial charge on any atom is 0.137 e. The molecule has 0 aliphatic carbocycles. The van der Waals surface area contributed by atoms with Crippen molar-refractivity contribution >= 4 is 17.2 Å². The fourth-order valence-electron chi connectivity index (χ4n) is 3.19. The molecule has 3 aromatic heterocycles. The molecule has 4 heterocycles. The van der Waals surface area contributed by atoms with Crippen LogP contribution in [0, 0.1) is 6.92 Å². The second-order valence-corrected chi connectivity index (χ2v) is 6.40. The highest BCUT2D eigenvalue weighted by atomic mass is 35.5. The molecule has 0 amide bonds. The highest BCUT2D eigenvalue weighted by molar-refractivity contribution is 6.30. The molecule has 0 saturated carbocycles. The zero-order chi connectivity index (χ0) is 15.8. The molecular weight excluding hydrogens is 310 g/mol. The van der Waals surface area contributed by atoms with Crippen LogP contribution in [0.4, 0.5) is 0 Å². The first-order valence-corrected chi connectivity index (χ1v) is 8.28. The maximum absolute atomic E-state index is 6.13. The van der Waals surface area contributed by atoms with Gasteiger partial charge in [0.05, 0.1) is 22.6 Å². The molecule has 0 spiro atoms. The summed E-state index contributed by atoms with van der Waals surface area (Å²) in [6.07, 6.45) is 5.96. The van der Waals surface area contributed by atoms with Gasteiger partial charge in [-0.15, -0.1) is 0 Å². The summed E-state index contributed by atoms with van der Waals surface area (Å²) in [6, 6.07) is 5.86. The Morgan fingerprint density at radius 1 is 1.22 bits per heavy atom. The topological polar surface area (TPSA) is 55.1 Å². The zero-order valence-corrected chi connectivity index (χ0v) is 13.7. The van der Waals surface area contributed by atoms with Crippen molar-refractivity contribution in [1.82, 2.24) is 24.7 Å². The van der Waals surface area contributed by atoms with Crippen LogP contribution in [-0.4, -0.2) is 32.4 Å².